The Morgan fingerprint density at radius 1 is 0.889 bits per heavy atom. The van der Waals surface area contributed by atoms with Gasteiger partial charge in [-0.05, 0) is 36.4 Å². The summed E-state index contributed by atoms with van der Waals surface area (Å²) in [6.07, 6.45) is 0. The number of carbonyl (C=O) groups excluding carboxylic acids is 3. The van der Waals surface area contributed by atoms with Crippen LogP contribution in [0.4, 0.5) is 5.69 Å². The highest BCUT2D eigenvalue weighted by Crippen LogP contribution is 2.18. The van der Waals surface area contributed by atoms with E-state index < -0.39 is 11.4 Å². The highest BCUT2D eigenvalue weighted by atomic mass is 16.6. The molecule has 0 saturated carbocycles. The molecule has 0 bridgehead atoms. The van der Waals surface area contributed by atoms with Gasteiger partial charge in [-0.15, -0.1) is 0 Å². The minimum absolute atomic E-state index is 0.117. The Hall–Kier alpha value is -3.15. The molecule has 6 nitrogen and oxygen atoms in total. The predicted octanol–water partition coefficient (Wildman–Crippen LogP) is 3.48. The van der Waals surface area contributed by atoms with Gasteiger partial charge in [-0.1, -0.05) is 39.0 Å². The fourth-order valence-electron chi connectivity index (χ4n) is 1.99. The van der Waals surface area contributed by atoms with Gasteiger partial charge in [0, 0.05) is 16.7 Å². The maximum Gasteiger partial charge on any atom is 0.344 e. The molecule has 0 heterocycles. The fourth-order valence-corrected chi connectivity index (χ4v) is 1.99. The summed E-state index contributed by atoms with van der Waals surface area (Å²) in [7, 11) is 0. The lowest BCUT2D eigenvalue weighted by Crippen LogP contribution is -2.27. The molecule has 6 heteroatoms. The first-order valence-corrected chi connectivity index (χ1v) is 8.54. The number of ether oxygens (including phenoxy) is 2. The van der Waals surface area contributed by atoms with Crippen LogP contribution in [0.15, 0.2) is 54.6 Å². The van der Waals surface area contributed by atoms with Gasteiger partial charge in [-0.2, -0.15) is 0 Å². The highest BCUT2D eigenvalue weighted by Gasteiger charge is 2.21. The van der Waals surface area contributed by atoms with E-state index in [9.17, 15) is 14.4 Å². The van der Waals surface area contributed by atoms with Crippen LogP contribution in [-0.2, 0) is 14.3 Å². The molecule has 0 fully saturated rings. The third-order valence-corrected chi connectivity index (χ3v) is 3.61. The summed E-state index contributed by atoms with van der Waals surface area (Å²) in [5.41, 5.74) is 0.477. The number of hydrogen-bond acceptors (Lipinski definition) is 5. The summed E-state index contributed by atoms with van der Waals surface area (Å²) in [6, 6.07) is 15.3. The SMILES string of the molecule is CC(C)(C)C(=O)Nc1ccc(C(=O)COC(=O)COc2ccccc2)cc1. The maximum atomic E-state index is 12.1. The molecule has 1 N–H and O–H groups in total. The molecule has 0 spiro atoms. The smallest absolute Gasteiger partial charge is 0.344 e. The molecule has 0 aromatic heterocycles. The summed E-state index contributed by atoms with van der Waals surface area (Å²) in [4.78, 5) is 35.7. The van der Waals surface area contributed by atoms with E-state index in [0.29, 0.717) is 17.0 Å². The van der Waals surface area contributed by atoms with Crippen LogP contribution in [0.25, 0.3) is 0 Å². The first-order chi connectivity index (χ1) is 12.8. The number of hydrogen-bond donors (Lipinski definition) is 1. The molecule has 0 aliphatic carbocycles. The third kappa shape index (κ3) is 6.58. The average molecular weight is 369 g/mol. The van der Waals surface area contributed by atoms with Crippen molar-refractivity contribution < 1.29 is 23.9 Å². The highest BCUT2D eigenvalue weighted by molar-refractivity contribution is 5.99. The number of nitrogens with one attached hydrogen (secondary N) is 1. The molecule has 142 valence electrons. The van der Waals surface area contributed by atoms with Crippen molar-refractivity contribution in [1.29, 1.82) is 0 Å². The lowest BCUT2D eigenvalue weighted by atomic mass is 9.95. The summed E-state index contributed by atoms with van der Waals surface area (Å²) in [5.74, 6) is -0.527. The largest absolute Gasteiger partial charge is 0.482 e. The van der Waals surface area contributed by atoms with Crippen LogP contribution in [0.2, 0.25) is 0 Å². The number of Topliss-reactive ketones (excluding diaryl/α,β-unsaturated/α-hetero) is 1. The van der Waals surface area contributed by atoms with Gasteiger partial charge >= 0.3 is 5.97 Å². The standard InChI is InChI=1S/C21H23NO5/c1-21(2,3)20(25)22-16-11-9-15(10-12-16)18(23)13-27-19(24)14-26-17-7-5-4-6-8-17/h4-12H,13-14H2,1-3H3,(H,22,25). The molecule has 27 heavy (non-hydrogen) atoms. The van der Waals surface area contributed by atoms with Gasteiger partial charge in [0.25, 0.3) is 0 Å². The predicted molar refractivity (Wildman–Crippen MR) is 102 cm³/mol. The number of rotatable bonds is 7. The Morgan fingerprint density at radius 2 is 1.52 bits per heavy atom. The minimum atomic E-state index is -0.624. The number of ketones is 1. The van der Waals surface area contributed by atoms with Crippen LogP contribution >= 0.6 is 0 Å². The first-order valence-electron chi connectivity index (χ1n) is 8.54. The minimum Gasteiger partial charge on any atom is -0.482 e. The van der Waals surface area contributed by atoms with E-state index in [-0.39, 0.29) is 24.9 Å². The number of amides is 1. The van der Waals surface area contributed by atoms with E-state index in [1.54, 1.807) is 48.5 Å². The van der Waals surface area contributed by atoms with Crippen molar-refractivity contribution in [2.24, 2.45) is 5.41 Å². The number of benzene rings is 2. The Labute approximate surface area is 158 Å². The van der Waals surface area contributed by atoms with Gasteiger partial charge < -0.3 is 14.8 Å². The molecule has 0 aliphatic heterocycles. The zero-order valence-electron chi connectivity index (χ0n) is 15.7. The van der Waals surface area contributed by atoms with Gasteiger partial charge in [0.05, 0.1) is 0 Å². The number of para-hydroxylation sites is 1. The molecule has 2 aromatic carbocycles. The first kappa shape index (κ1) is 20.2. The van der Waals surface area contributed by atoms with Gasteiger partial charge in [0.2, 0.25) is 5.91 Å². The third-order valence-electron chi connectivity index (χ3n) is 3.61. The normalized spacial score (nSPS) is 10.8. The van der Waals surface area contributed by atoms with Crippen LogP contribution in [0.3, 0.4) is 0 Å². The lowest BCUT2D eigenvalue weighted by Gasteiger charge is -2.17. The Morgan fingerprint density at radius 3 is 2.11 bits per heavy atom. The van der Waals surface area contributed by atoms with Gasteiger partial charge in [0.15, 0.2) is 19.0 Å². The van der Waals surface area contributed by atoms with Crippen LogP contribution in [0, 0.1) is 5.41 Å². The van der Waals surface area contributed by atoms with Crippen LogP contribution in [0.1, 0.15) is 31.1 Å². The molecular weight excluding hydrogens is 346 g/mol. The van der Waals surface area contributed by atoms with Crippen molar-refractivity contribution in [1.82, 2.24) is 0 Å². The molecular formula is C21H23NO5. The van der Waals surface area contributed by atoms with Crippen molar-refractivity contribution in [3.05, 3.63) is 60.2 Å². The van der Waals surface area contributed by atoms with Crippen molar-refractivity contribution >= 4 is 23.3 Å². The lowest BCUT2D eigenvalue weighted by molar-refractivity contribution is -0.144. The summed E-state index contributed by atoms with van der Waals surface area (Å²) in [6.45, 7) is 4.81. The number of esters is 1. The van der Waals surface area contributed by atoms with Gasteiger partial charge in [0.1, 0.15) is 5.75 Å². The summed E-state index contributed by atoms with van der Waals surface area (Å²) in [5, 5.41) is 2.78. The molecule has 2 aromatic rings. The van der Waals surface area contributed by atoms with E-state index in [4.69, 9.17) is 9.47 Å². The molecule has 0 atom stereocenters. The number of anilines is 1. The van der Waals surface area contributed by atoms with E-state index >= 15 is 0 Å². The molecule has 1 amide bonds. The summed E-state index contributed by atoms with van der Waals surface area (Å²) >= 11 is 0. The topological polar surface area (TPSA) is 81.7 Å². The monoisotopic (exact) mass is 369 g/mol. The Bertz CT molecular complexity index is 792. The Balaban J connectivity index is 1.80. The number of carbonyl (C=O) groups is 3. The Kier molecular flexibility index (Phi) is 6.71. The second-order valence-corrected chi connectivity index (χ2v) is 6.97. The van der Waals surface area contributed by atoms with Crippen molar-refractivity contribution in [3.63, 3.8) is 0 Å². The van der Waals surface area contributed by atoms with E-state index in [0.717, 1.165) is 0 Å². The zero-order valence-corrected chi connectivity index (χ0v) is 15.7. The summed E-state index contributed by atoms with van der Waals surface area (Å²) < 4.78 is 10.2. The maximum absolute atomic E-state index is 12.1. The molecule has 0 saturated heterocycles. The second kappa shape index (κ2) is 8.98. The van der Waals surface area contributed by atoms with E-state index in [1.807, 2.05) is 26.8 Å². The van der Waals surface area contributed by atoms with E-state index in [1.165, 1.54) is 0 Å². The average Bonchev–Trinajstić information content (AvgIpc) is 2.65. The van der Waals surface area contributed by atoms with Crippen LogP contribution < -0.4 is 10.1 Å². The molecule has 0 unspecified atom stereocenters. The van der Waals surface area contributed by atoms with Gasteiger partial charge in [-0.25, -0.2) is 4.79 Å². The van der Waals surface area contributed by atoms with Crippen molar-refractivity contribution in [2.75, 3.05) is 18.5 Å². The second-order valence-electron chi connectivity index (χ2n) is 6.97. The van der Waals surface area contributed by atoms with Crippen LogP contribution in [0.5, 0.6) is 5.75 Å². The van der Waals surface area contributed by atoms with Crippen molar-refractivity contribution in [2.45, 2.75) is 20.8 Å². The quantitative estimate of drug-likeness (QED) is 0.597. The molecule has 2 rings (SSSR count). The van der Waals surface area contributed by atoms with Gasteiger partial charge in [-0.3, -0.25) is 9.59 Å². The molecule has 0 radical (unpaired) electrons. The zero-order chi connectivity index (χ0) is 19.9. The fraction of sp³-hybridized carbons (Fsp3) is 0.286. The molecule has 0 aliphatic rings. The van der Waals surface area contributed by atoms with Crippen LogP contribution in [-0.4, -0.2) is 30.9 Å². The van der Waals surface area contributed by atoms with E-state index in [2.05, 4.69) is 5.32 Å². The van der Waals surface area contributed by atoms with Crippen molar-refractivity contribution in [3.8, 4) is 5.75 Å².